The van der Waals surface area contributed by atoms with E-state index in [2.05, 4.69) is 17.1 Å². The van der Waals surface area contributed by atoms with E-state index in [1.807, 2.05) is 6.92 Å². The highest BCUT2D eigenvalue weighted by atomic mass is 32.2. The van der Waals surface area contributed by atoms with Crippen molar-refractivity contribution in [3.8, 4) is 11.4 Å². The van der Waals surface area contributed by atoms with Crippen molar-refractivity contribution in [1.29, 1.82) is 0 Å². The third-order valence-electron chi connectivity index (χ3n) is 5.64. The molecule has 0 unspecified atom stereocenters. The molecule has 3 aromatic rings. The van der Waals surface area contributed by atoms with Gasteiger partial charge < -0.3 is 8.98 Å². The molecule has 1 saturated heterocycles. The second kappa shape index (κ2) is 8.68. The first kappa shape index (κ1) is 22.5. The van der Waals surface area contributed by atoms with E-state index >= 15 is 0 Å². The number of hydrogen-bond donors (Lipinski definition) is 0. The number of hydrogen-bond acceptors (Lipinski definition) is 8. The lowest BCUT2D eigenvalue weighted by Crippen LogP contribution is -2.37. The van der Waals surface area contributed by atoms with E-state index in [4.69, 9.17) is 4.42 Å². The fourth-order valence-corrected chi connectivity index (χ4v) is 5.98. The van der Waals surface area contributed by atoms with E-state index in [1.165, 1.54) is 16.4 Å². The number of rotatable bonds is 6. The lowest BCUT2D eigenvalue weighted by molar-refractivity contribution is -0.388. The summed E-state index contributed by atoms with van der Waals surface area (Å²) in [6, 6.07) is 5.78. The smallest absolute Gasteiger partial charge is 0.284 e. The Morgan fingerprint density at radius 1 is 1.22 bits per heavy atom. The molecule has 1 aliphatic rings. The Morgan fingerprint density at radius 3 is 2.56 bits per heavy atom. The van der Waals surface area contributed by atoms with E-state index in [0.29, 0.717) is 35.7 Å². The van der Waals surface area contributed by atoms with E-state index in [-0.39, 0.29) is 15.5 Å². The average Bonchev–Trinajstić information content (AvgIpc) is 3.33. The fraction of sp³-hybridized carbons (Fsp3) is 0.400. The molecule has 0 N–H and O–H groups in total. The first-order chi connectivity index (χ1) is 15.2. The monoisotopic (exact) mass is 477 g/mol. The minimum Gasteiger partial charge on any atom is -0.469 e. The number of sulfonamides is 1. The Balaban J connectivity index is 1.64. The fourth-order valence-electron chi connectivity index (χ4n) is 3.61. The summed E-state index contributed by atoms with van der Waals surface area (Å²) in [5.74, 6) is 1.72. The lowest BCUT2D eigenvalue weighted by atomic mass is 10.0. The zero-order chi connectivity index (χ0) is 23.0. The van der Waals surface area contributed by atoms with Crippen LogP contribution in [0.25, 0.3) is 11.4 Å². The van der Waals surface area contributed by atoms with Crippen molar-refractivity contribution in [1.82, 2.24) is 19.1 Å². The van der Waals surface area contributed by atoms with Crippen molar-refractivity contribution in [2.45, 2.75) is 41.6 Å². The largest absolute Gasteiger partial charge is 0.469 e. The molecule has 1 aliphatic heterocycles. The van der Waals surface area contributed by atoms with Gasteiger partial charge in [0.25, 0.3) is 5.69 Å². The van der Waals surface area contributed by atoms with Crippen molar-refractivity contribution in [3.05, 3.63) is 46.4 Å². The molecule has 4 rings (SSSR count). The predicted octanol–water partition coefficient (Wildman–Crippen LogP) is 3.86. The molecule has 0 radical (unpaired) electrons. The van der Waals surface area contributed by atoms with Gasteiger partial charge in [-0.05, 0) is 55.6 Å². The number of aromatic nitrogens is 3. The summed E-state index contributed by atoms with van der Waals surface area (Å²) < 4.78 is 34.5. The van der Waals surface area contributed by atoms with Gasteiger partial charge in [0, 0.05) is 26.2 Å². The third kappa shape index (κ3) is 4.17. The minimum absolute atomic E-state index is 0.0734. The van der Waals surface area contributed by atoms with Crippen LogP contribution in [0.3, 0.4) is 0 Å². The molecule has 0 spiro atoms. The summed E-state index contributed by atoms with van der Waals surface area (Å²) in [7, 11) is -2.04. The lowest BCUT2D eigenvalue weighted by Gasteiger charge is -2.29. The molecule has 32 heavy (non-hydrogen) atoms. The molecule has 1 fully saturated rings. The van der Waals surface area contributed by atoms with Crippen LogP contribution in [0, 0.1) is 23.0 Å². The van der Waals surface area contributed by atoms with E-state index in [0.717, 1.165) is 36.2 Å². The summed E-state index contributed by atoms with van der Waals surface area (Å²) >= 11 is 1.06. The van der Waals surface area contributed by atoms with Gasteiger partial charge in [-0.3, -0.25) is 10.1 Å². The van der Waals surface area contributed by atoms with Crippen LogP contribution in [0.15, 0.2) is 49.9 Å². The summed E-state index contributed by atoms with van der Waals surface area (Å²) in [4.78, 5) is 11.4. The summed E-state index contributed by atoms with van der Waals surface area (Å²) in [6.07, 6.45) is 3.11. The van der Waals surface area contributed by atoms with E-state index < -0.39 is 14.9 Å². The molecule has 0 bridgehead atoms. The van der Waals surface area contributed by atoms with Crippen molar-refractivity contribution in [2.75, 3.05) is 13.1 Å². The molecule has 1 aromatic carbocycles. The minimum atomic E-state index is -3.79. The SMILES string of the molecule is Cc1occc1-c1nnc(Sc2ccc(S(=O)(=O)N3CCC(C)CC3)cc2[N+](=O)[O-])n1C. The molecular formula is C20H23N5O5S2. The average molecular weight is 478 g/mol. The number of nitro benzene ring substituents is 1. The molecule has 0 atom stereocenters. The number of nitrogens with zero attached hydrogens (tertiary/aromatic N) is 5. The maximum atomic E-state index is 13.0. The summed E-state index contributed by atoms with van der Waals surface area (Å²) in [5.41, 5.74) is 0.490. The van der Waals surface area contributed by atoms with Gasteiger partial charge in [0.15, 0.2) is 11.0 Å². The van der Waals surface area contributed by atoms with Crippen molar-refractivity contribution >= 4 is 27.5 Å². The molecule has 0 amide bonds. The number of furan rings is 1. The first-order valence-corrected chi connectivity index (χ1v) is 12.3. The van der Waals surface area contributed by atoms with Crippen LogP contribution in [-0.4, -0.2) is 45.5 Å². The van der Waals surface area contributed by atoms with E-state index in [1.54, 1.807) is 23.9 Å². The molecule has 0 saturated carbocycles. The van der Waals surface area contributed by atoms with Crippen LogP contribution in [0.4, 0.5) is 5.69 Å². The second-order valence-electron chi connectivity index (χ2n) is 7.83. The van der Waals surface area contributed by atoms with Crippen LogP contribution < -0.4 is 0 Å². The number of piperidine rings is 1. The molecular weight excluding hydrogens is 454 g/mol. The highest BCUT2D eigenvalue weighted by Crippen LogP contribution is 2.37. The second-order valence-corrected chi connectivity index (χ2v) is 10.8. The van der Waals surface area contributed by atoms with Crippen LogP contribution >= 0.6 is 11.8 Å². The Hall–Kier alpha value is -2.70. The van der Waals surface area contributed by atoms with Gasteiger partial charge in [0.05, 0.1) is 26.5 Å². The van der Waals surface area contributed by atoms with Gasteiger partial charge in [-0.2, -0.15) is 4.31 Å². The van der Waals surface area contributed by atoms with Crippen LogP contribution in [0.2, 0.25) is 0 Å². The van der Waals surface area contributed by atoms with Gasteiger partial charge >= 0.3 is 0 Å². The van der Waals surface area contributed by atoms with Gasteiger partial charge in [-0.1, -0.05) is 6.92 Å². The summed E-state index contributed by atoms with van der Waals surface area (Å²) in [6.45, 7) is 4.74. The quantitative estimate of drug-likeness (QED) is 0.387. The molecule has 2 aromatic heterocycles. The maximum absolute atomic E-state index is 13.0. The number of nitro groups is 1. The third-order valence-corrected chi connectivity index (χ3v) is 8.64. The first-order valence-electron chi connectivity index (χ1n) is 10.1. The predicted molar refractivity (Wildman–Crippen MR) is 118 cm³/mol. The number of aryl methyl sites for hydroxylation is 1. The normalized spacial score (nSPS) is 15.8. The molecule has 0 aliphatic carbocycles. The molecule has 3 heterocycles. The standard InChI is InChI=1S/C20H23N5O5S2/c1-13-6-9-24(10-7-13)32(28,29)15-4-5-18(17(12-15)25(26)27)31-20-22-21-19(23(20)3)16-8-11-30-14(16)2/h4-5,8,11-13H,6-7,9-10H2,1-3H3. The molecule has 170 valence electrons. The van der Waals surface area contributed by atoms with Crippen molar-refractivity contribution in [3.63, 3.8) is 0 Å². The topological polar surface area (TPSA) is 124 Å². The zero-order valence-corrected chi connectivity index (χ0v) is 19.5. The highest BCUT2D eigenvalue weighted by Gasteiger charge is 2.30. The van der Waals surface area contributed by atoms with Crippen LogP contribution in [0.5, 0.6) is 0 Å². The highest BCUT2D eigenvalue weighted by molar-refractivity contribution is 7.99. The van der Waals surface area contributed by atoms with Gasteiger partial charge in [0.2, 0.25) is 10.0 Å². The Kier molecular flexibility index (Phi) is 6.10. The van der Waals surface area contributed by atoms with Gasteiger partial charge in [-0.25, -0.2) is 8.42 Å². The van der Waals surface area contributed by atoms with Gasteiger partial charge in [0.1, 0.15) is 5.76 Å². The molecule has 10 nitrogen and oxygen atoms in total. The van der Waals surface area contributed by atoms with Gasteiger partial charge in [-0.15, -0.1) is 10.2 Å². The Bertz CT molecular complexity index is 1260. The van der Waals surface area contributed by atoms with E-state index in [9.17, 15) is 18.5 Å². The van der Waals surface area contributed by atoms with Crippen LogP contribution in [-0.2, 0) is 17.1 Å². The number of benzene rings is 1. The van der Waals surface area contributed by atoms with Crippen molar-refractivity contribution in [2.24, 2.45) is 13.0 Å². The maximum Gasteiger partial charge on any atom is 0.284 e. The van der Waals surface area contributed by atoms with Crippen molar-refractivity contribution < 1.29 is 17.8 Å². The zero-order valence-electron chi connectivity index (χ0n) is 17.9. The Labute approximate surface area is 189 Å². The molecule has 12 heteroatoms. The summed E-state index contributed by atoms with van der Waals surface area (Å²) in [5, 5.41) is 20.5. The Morgan fingerprint density at radius 2 is 1.94 bits per heavy atom. The van der Waals surface area contributed by atoms with Crippen LogP contribution in [0.1, 0.15) is 25.5 Å².